The van der Waals surface area contributed by atoms with E-state index in [9.17, 15) is 4.79 Å². The first-order chi connectivity index (χ1) is 8.52. The summed E-state index contributed by atoms with van der Waals surface area (Å²) in [4.78, 5) is 14.9. The molecule has 0 aromatic rings. The average Bonchev–Trinajstić information content (AvgIpc) is 2.32. The molecule has 1 aliphatic carbocycles. The molecule has 3 heteroatoms. The number of amides is 1. The van der Waals surface area contributed by atoms with Crippen molar-refractivity contribution < 1.29 is 4.79 Å². The third-order valence-electron chi connectivity index (χ3n) is 5.06. The Kier molecular flexibility index (Phi) is 4.31. The van der Waals surface area contributed by atoms with Crippen molar-refractivity contribution >= 4 is 5.91 Å². The molecule has 1 saturated heterocycles. The molecule has 0 aromatic carbocycles. The van der Waals surface area contributed by atoms with E-state index >= 15 is 0 Å². The Morgan fingerprint density at radius 3 is 2.17 bits per heavy atom. The van der Waals surface area contributed by atoms with Gasteiger partial charge in [-0.15, -0.1) is 0 Å². The zero-order valence-electron chi connectivity index (χ0n) is 12.1. The van der Waals surface area contributed by atoms with Gasteiger partial charge in [0.1, 0.15) is 0 Å². The van der Waals surface area contributed by atoms with Crippen LogP contribution in [0.3, 0.4) is 0 Å². The van der Waals surface area contributed by atoms with Gasteiger partial charge in [0.15, 0.2) is 0 Å². The second-order valence-electron chi connectivity index (χ2n) is 6.47. The van der Waals surface area contributed by atoms with E-state index in [2.05, 4.69) is 25.7 Å². The van der Waals surface area contributed by atoms with Gasteiger partial charge in [0.25, 0.3) is 0 Å². The lowest BCUT2D eigenvalue weighted by molar-refractivity contribution is -0.144. The van der Waals surface area contributed by atoms with Crippen LogP contribution in [0, 0.1) is 11.8 Å². The summed E-state index contributed by atoms with van der Waals surface area (Å²) in [5.41, 5.74) is 6.27. The minimum atomic E-state index is 0.0626. The van der Waals surface area contributed by atoms with Gasteiger partial charge in [-0.05, 0) is 51.9 Å². The Hall–Kier alpha value is -0.570. The fraction of sp³-hybridized carbons (Fsp3) is 0.933. The van der Waals surface area contributed by atoms with Crippen LogP contribution in [0.4, 0.5) is 0 Å². The second-order valence-corrected chi connectivity index (χ2v) is 6.47. The quantitative estimate of drug-likeness (QED) is 0.779. The molecule has 0 spiro atoms. The maximum atomic E-state index is 12.8. The van der Waals surface area contributed by atoms with Crippen LogP contribution in [-0.2, 0) is 4.79 Å². The van der Waals surface area contributed by atoms with Crippen molar-refractivity contribution in [3.8, 4) is 0 Å². The monoisotopic (exact) mass is 252 g/mol. The molecular formula is C15H28N2O. The van der Waals surface area contributed by atoms with Crippen LogP contribution in [-0.4, -0.2) is 28.9 Å². The fourth-order valence-electron chi connectivity index (χ4n) is 3.78. The molecule has 1 heterocycles. The van der Waals surface area contributed by atoms with E-state index in [0.29, 0.717) is 23.9 Å². The minimum absolute atomic E-state index is 0.0626. The van der Waals surface area contributed by atoms with Gasteiger partial charge in [0.2, 0.25) is 5.91 Å². The molecule has 0 radical (unpaired) electrons. The molecule has 1 aliphatic heterocycles. The molecule has 1 saturated carbocycles. The first kappa shape index (κ1) is 13.9. The van der Waals surface area contributed by atoms with Crippen LogP contribution in [0.1, 0.15) is 59.3 Å². The third kappa shape index (κ3) is 2.56. The van der Waals surface area contributed by atoms with E-state index in [-0.39, 0.29) is 12.0 Å². The SMILES string of the molecule is CC1CCCC(C(=O)N2[C@H](C)CCC[C@@H]2C)C1N. The van der Waals surface area contributed by atoms with Gasteiger partial charge in [-0.25, -0.2) is 0 Å². The van der Waals surface area contributed by atoms with Gasteiger partial charge >= 0.3 is 0 Å². The van der Waals surface area contributed by atoms with Crippen molar-refractivity contribution in [2.24, 2.45) is 17.6 Å². The van der Waals surface area contributed by atoms with E-state index in [0.717, 1.165) is 25.7 Å². The standard InChI is InChI=1S/C15H28N2O/c1-10-6-4-9-13(14(10)16)15(18)17-11(2)7-5-8-12(17)3/h10-14H,4-9,16H2,1-3H3/t10?,11-,12+,13?,14?. The van der Waals surface area contributed by atoms with Gasteiger partial charge in [-0.1, -0.05) is 13.3 Å². The molecule has 104 valence electrons. The number of carbonyl (C=O) groups excluding carboxylic acids is 1. The summed E-state index contributed by atoms with van der Waals surface area (Å²) in [7, 11) is 0. The van der Waals surface area contributed by atoms with Crippen molar-refractivity contribution in [2.45, 2.75) is 77.4 Å². The second kappa shape index (κ2) is 5.60. The van der Waals surface area contributed by atoms with Crippen molar-refractivity contribution in [2.75, 3.05) is 0 Å². The molecule has 5 atom stereocenters. The van der Waals surface area contributed by atoms with Crippen molar-refractivity contribution in [1.82, 2.24) is 4.90 Å². The lowest BCUT2D eigenvalue weighted by atomic mass is 9.77. The highest BCUT2D eigenvalue weighted by atomic mass is 16.2. The Bertz CT molecular complexity index is 295. The van der Waals surface area contributed by atoms with Gasteiger partial charge in [-0.3, -0.25) is 4.79 Å². The Morgan fingerprint density at radius 2 is 1.56 bits per heavy atom. The number of hydrogen-bond acceptors (Lipinski definition) is 2. The van der Waals surface area contributed by atoms with Crippen LogP contribution < -0.4 is 5.73 Å². The van der Waals surface area contributed by atoms with Crippen molar-refractivity contribution in [3.63, 3.8) is 0 Å². The smallest absolute Gasteiger partial charge is 0.227 e. The number of carbonyl (C=O) groups is 1. The highest BCUT2D eigenvalue weighted by Crippen LogP contribution is 2.32. The number of piperidine rings is 1. The van der Waals surface area contributed by atoms with E-state index in [4.69, 9.17) is 5.73 Å². The molecule has 2 rings (SSSR count). The molecule has 2 fully saturated rings. The summed E-state index contributed by atoms with van der Waals surface area (Å²) >= 11 is 0. The Balaban J connectivity index is 2.09. The predicted octanol–water partition coefficient (Wildman–Crippen LogP) is 2.54. The number of rotatable bonds is 1. The molecule has 18 heavy (non-hydrogen) atoms. The highest BCUT2D eigenvalue weighted by Gasteiger charge is 2.38. The average molecular weight is 252 g/mol. The summed E-state index contributed by atoms with van der Waals surface area (Å²) in [6, 6.07) is 0.851. The van der Waals surface area contributed by atoms with Gasteiger partial charge in [-0.2, -0.15) is 0 Å². The number of nitrogens with zero attached hydrogens (tertiary/aromatic N) is 1. The van der Waals surface area contributed by atoms with Gasteiger partial charge in [0.05, 0.1) is 5.92 Å². The Labute approximate surface area is 111 Å². The first-order valence-electron chi connectivity index (χ1n) is 7.60. The molecule has 2 aliphatic rings. The first-order valence-corrected chi connectivity index (χ1v) is 7.60. The van der Waals surface area contributed by atoms with E-state index in [1.807, 2.05) is 0 Å². The van der Waals surface area contributed by atoms with Crippen molar-refractivity contribution in [3.05, 3.63) is 0 Å². The maximum absolute atomic E-state index is 12.8. The fourth-order valence-corrected chi connectivity index (χ4v) is 3.78. The van der Waals surface area contributed by atoms with E-state index < -0.39 is 0 Å². The summed E-state index contributed by atoms with van der Waals surface area (Å²) in [6.45, 7) is 6.56. The molecule has 3 unspecified atom stereocenters. The van der Waals surface area contributed by atoms with E-state index in [1.54, 1.807) is 0 Å². The normalized spacial score (nSPS) is 41.8. The van der Waals surface area contributed by atoms with Crippen LogP contribution in [0.15, 0.2) is 0 Å². The largest absolute Gasteiger partial charge is 0.337 e. The molecule has 3 nitrogen and oxygen atoms in total. The van der Waals surface area contributed by atoms with Crippen LogP contribution in [0.25, 0.3) is 0 Å². The van der Waals surface area contributed by atoms with Crippen LogP contribution in [0.5, 0.6) is 0 Å². The van der Waals surface area contributed by atoms with Gasteiger partial charge in [0, 0.05) is 18.1 Å². The summed E-state index contributed by atoms with van der Waals surface area (Å²) in [6.07, 6.45) is 6.86. The molecule has 2 N–H and O–H groups in total. The Morgan fingerprint density at radius 1 is 1.00 bits per heavy atom. The number of nitrogens with two attached hydrogens (primary N) is 1. The zero-order chi connectivity index (χ0) is 13.3. The van der Waals surface area contributed by atoms with Crippen LogP contribution >= 0.6 is 0 Å². The zero-order valence-corrected chi connectivity index (χ0v) is 12.1. The summed E-state index contributed by atoms with van der Waals surface area (Å²) < 4.78 is 0. The van der Waals surface area contributed by atoms with E-state index in [1.165, 1.54) is 12.8 Å². The molecule has 0 bridgehead atoms. The lowest BCUT2D eigenvalue weighted by Gasteiger charge is -2.43. The summed E-state index contributed by atoms with van der Waals surface area (Å²) in [5.74, 6) is 0.883. The van der Waals surface area contributed by atoms with Crippen LogP contribution in [0.2, 0.25) is 0 Å². The molecular weight excluding hydrogens is 224 g/mol. The molecule has 0 aromatic heterocycles. The number of hydrogen-bond donors (Lipinski definition) is 1. The number of likely N-dealkylation sites (tertiary alicyclic amines) is 1. The maximum Gasteiger partial charge on any atom is 0.227 e. The summed E-state index contributed by atoms with van der Waals surface area (Å²) in [5, 5.41) is 0. The van der Waals surface area contributed by atoms with Gasteiger partial charge < -0.3 is 10.6 Å². The molecule has 1 amide bonds. The third-order valence-corrected chi connectivity index (χ3v) is 5.06. The minimum Gasteiger partial charge on any atom is -0.337 e. The topological polar surface area (TPSA) is 46.3 Å². The predicted molar refractivity (Wildman–Crippen MR) is 74.1 cm³/mol. The van der Waals surface area contributed by atoms with Crippen molar-refractivity contribution in [1.29, 1.82) is 0 Å². The highest BCUT2D eigenvalue weighted by molar-refractivity contribution is 5.80. The lowest BCUT2D eigenvalue weighted by Crippen LogP contribution is -2.55.